The van der Waals surface area contributed by atoms with Crippen molar-refractivity contribution in [1.82, 2.24) is 0 Å². The van der Waals surface area contributed by atoms with Gasteiger partial charge in [0.25, 0.3) is 0 Å². The number of hydrogen-bond donors (Lipinski definition) is 0. The van der Waals surface area contributed by atoms with E-state index in [0.29, 0.717) is 0 Å². The average Bonchev–Trinajstić information content (AvgIpc) is 2.72. The van der Waals surface area contributed by atoms with Gasteiger partial charge in [-0.05, 0) is 13.8 Å². The van der Waals surface area contributed by atoms with E-state index in [2.05, 4.69) is 38.3 Å². The molecule has 0 heterocycles. The summed E-state index contributed by atoms with van der Waals surface area (Å²) in [5.41, 5.74) is 2.13. The Balaban J connectivity index is 0.000000325. The molecule has 1 aliphatic carbocycles. The van der Waals surface area contributed by atoms with E-state index in [9.17, 15) is 0 Å². The Kier molecular flexibility index (Phi) is 9.93. The van der Waals surface area contributed by atoms with Gasteiger partial charge in [0.15, 0.2) is 0 Å². The first-order chi connectivity index (χ1) is 7.57. The first-order valence-corrected chi connectivity index (χ1v) is 8.95. The van der Waals surface area contributed by atoms with Gasteiger partial charge in [-0.3, -0.25) is 0 Å². The summed E-state index contributed by atoms with van der Waals surface area (Å²) in [5.74, 6) is 0. The third kappa shape index (κ3) is 9.10. The molecule has 0 unspecified atom stereocenters. The van der Waals surface area contributed by atoms with Crippen molar-refractivity contribution in [3.8, 4) is 0 Å². The fourth-order valence-electron chi connectivity index (χ4n) is 1.00. The van der Waals surface area contributed by atoms with Crippen LogP contribution in [0.15, 0.2) is 45.8 Å². The van der Waals surface area contributed by atoms with Gasteiger partial charge in [-0.2, -0.15) is 0 Å². The van der Waals surface area contributed by atoms with Crippen molar-refractivity contribution < 1.29 is 23.2 Å². The Morgan fingerprint density at radius 3 is 2.31 bits per heavy atom. The molecular weight excluding hydrogens is 271 g/mol. The van der Waals surface area contributed by atoms with E-state index in [4.69, 9.17) is 0 Å². The van der Waals surface area contributed by atoms with Crippen LogP contribution in [0, 0.1) is 0 Å². The molecule has 0 saturated carbocycles. The molecule has 1 rings (SSSR count). The molecule has 0 N–H and O–H groups in total. The topological polar surface area (TPSA) is 0 Å². The maximum atomic E-state index is 3.66. The molecule has 0 aromatic carbocycles. The normalized spacial score (nSPS) is 12.6. The Morgan fingerprint density at radius 1 is 1.31 bits per heavy atom. The Bertz CT molecular complexity index is 270. The van der Waals surface area contributed by atoms with Crippen LogP contribution < -0.4 is 0 Å². The summed E-state index contributed by atoms with van der Waals surface area (Å²) in [5, 5.41) is 0. The summed E-state index contributed by atoms with van der Waals surface area (Å²) >= 11 is -0.0811. The molecule has 0 saturated heterocycles. The fraction of sp³-hybridized carbons (Fsp3) is 0.467. The number of rotatable bonds is 5. The predicted molar refractivity (Wildman–Crippen MR) is 71.2 cm³/mol. The van der Waals surface area contributed by atoms with Gasteiger partial charge < -0.3 is 0 Å². The van der Waals surface area contributed by atoms with Crippen LogP contribution >= 0.6 is 0 Å². The molecule has 0 fully saturated rings. The van der Waals surface area contributed by atoms with Crippen molar-refractivity contribution in [2.45, 2.75) is 44.2 Å². The molecule has 0 bridgehead atoms. The zero-order valence-electron chi connectivity index (χ0n) is 11.0. The molecule has 0 nitrogen and oxygen atoms in total. The van der Waals surface area contributed by atoms with Crippen molar-refractivity contribution in [1.29, 1.82) is 0 Å². The van der Waals surface area contributed by atoms with E-state index in [0.717, 1.165) is 11.1 Å². The van der Waals surface area contributed by atoms with Crippen molar-refractivity contribution in [2.24, 2.45) is 0 Å². The Labute approximate surface area is 113 Å². The zero-order chi connectivity index (χ0) is 12.4. The van der Waals surface area contributed by atoms with Crippen LogP contribution in [0.2, 0.25) is 4.13 Å². The van der Waals surface area contributed by atoms with Crippen molar-refractivity contribution in [3.63, 3.8) is 0 Å². The standard InChI is InChI=1S/C6H10.C5H5.C4H9.Zr/c1-5(2)6(3)4;1-2-4-5-3-1;1-3-4-2;/h1,3H2,2,4H3;1-3H,4H2;1,3-4H2,2H3;. The first-order valence-electron chi connectivity index (χ1n) is 5.98. The summed E-state index contributed by atoms with van der Waals surface area (Å²) in [6.07, 6.45) is 11.0. The van der Waals surface area contributed by atoms with Crippen molar-refractivity contribution in [2.75, 3.05) is 0 Å². The molecule has 88 valence electrons. The molecule has 16 heavy (non-hydrogen) atoms. The van der Waals surface area contributed by atoms with Crippen LogP contribution in [0.3, 0.4) is 0 Å². The molecule has 0 atom stereocenters. The second kappa shape index (κ2) is 10.0. The third-order valence-corrected chi connectivity index (χ3v) is 5.89. The molecule has 0 amide bonds. The molecule has 0 spiro atoms. The van der Waals surface area contributed by atoms with E-state index in [1.165, 1.54) is 19.3 Å². The van der Waals surface area contributed by atoms with Crippen LogP contribution in [0.5, 0.6) is 0 Å². The fourth-order valence-corrected chi connectivity index (χ4v) is 4.27. The Morgan fingerprint density at radius 2 is 1.94 bits per heavy atom. The van der Waals surface area contributed by atoms with Crippen molar-refractivity contribution >= 4 is 0 Å². The number of allylic oxidation sites excluding steroid dienone is 6. The van der Waals surface area contributed by atoms with Gasteiger partial charge in [-0.15, -0.1) is 0 Å². The van der Waals surface area contributed by atoms with E-state index in [1.54, 1.807) is 7.41 Å². The number of hydrogen-bond acceptors (Lipinski definition) is 0. The molecular formula is C15H24Zr. The molecule has 1 aliphatic rings. The average molecular weight is 296 g/mol. The molecule has 0 aromatic rings. The van der Waals surface area contributed by atoms with Crippen LogP contribution in [-0.4, -0.2) is 0 Å². The van der Waals surface area contributed by atoms with Crippen LogP contribution in [-0.2, 0) is 23.2 Å². The summed E-state index contributed by atoms with van der Waals surface area (Å²) in [4.78, 5) is 0. The monoisotopic (exact) mass is 294 g/mol. The van der Waals surface area contributed by atoms with E-state index in [1.807, 2.05) is 13.8 Å². The SMILES string of the molecule is C=C(C)C(=C)C.CCC[CH2][Zr][C]1=CC=CC1. The summed E-state index contributed by atoms with van der Waals surface area (Å²) < 4.78 is 3.34. The summed E-state index contributed by atoms with van der Waals surface area (Å²) in [6.45, 7) is 13.5. The van der Waals surface area contributed by atoms with Gasteiger partial charge >= 0.3 is 75.1 Å². The first kappa shape index (κ1) is 15.8. The molecule has 0 radical (unpaired) electrons. The van der Waals surface area contributed by atoms with E-state index in [-0.39, 0.29) is 23.2 Å². The van der Waals surface area contributed by atoms with Gasteiger partial charge in [0.05, 0.1) is 0 Å². The van der Waals surface area contributed by atoms with Gasteiger partial charge in [0.1, 0.15) is 0 Å². The quantitative estimate of drug-likeness (QED) is 0.479. The summed E-state index contributed by atoms with van der Waals surface area (Å²) in [6, 6.07) is 0. The van der Waals surface area contributed by atoms with E-state index < -0.39 is 0 Å². The maximum absolute atomic E-state index is 3.66. The zero-order valence-corrected chi connectivity index (χ0v) is 13.4. The van der Waals surface area contributed by atoms with Gasteiger partial charge in [0.2, 0.25) is 0 Å². The van der Waals surface area contributed by atoms with E-state index >= 15 is 0 Å². The van der Waals surface area contributed by atoms with Gasteiger partial charge in [0, 0.05) is 0 Å². The molecule has 0 aliphatic heterocycles. The molecule has 1 heteroatoms. The second-order valence-corrected chi connectivity index (χ2v) is 7.84. The summed E-state index contributed by atoms with van der Waals surface area (Å²) in [7, 11) is 0. The number of unbranched alkanes of at least 4 members (excludes halogenated alkanes) is 1. The minimum atomic E-state index is -0.0811. The Hall–Kier alpha value is -0.157. The van der Waals surface area contributed by atoms with Crippen LogP contribution in [0.4, 0.5) is 0 Å². The predicted octanol–water partition coefficient (Wildman–Crippen LogP) is 5.27. The minimum absolute atomic E-state index is 0.0811. The third-order valence-electron chi connectivity index (χ3n) is 2.38. The van der Waals surface area contributed by atoms with Gasteiger partial charge in [-0.1, -0.05) is 24.3 Å². The van der Waals surface area contributed by atoms with Crippen LogP contribution in [0.1, 0.15) is 40.0 Å². The van der Waals surface area contributed by atoms with Crippen molar-refractivity contribution in [3.05, 3.63) is 45.8 Å². The molecule has 0 aromatic heterocycles. The van der Waals surface area contributed by atoms with Gasteiger partial charge in [-0.25, -0.2) is 0 Å². The van der Waals surface area contributed by atoms with Crippen LogP contribution in [0.25, 0.3) is 0 Å². The second-order valence-electron chi connectivity index (χ2n) is 4.17.